The van der Waals surface area contributed by atoms with E-state index in [0.717, 1.165) is 46.8 Å². The quantitative estimate of drug-likeness (QED) is 0.474. The van der Waals surface area contributed by atoms with Gasteiger partial charge in [0.05, 0.1) is 24.2 Å². The highest BCUT2D eigenvalue weighted by atomic mass is 16.5. The Morgan fingerprint density at radius 3 is 2.25 bits per heavy atom. The molecule has 1 N–H and O–H groups in total. The fourth-order valence-electron chi connectivity index (χ4n) is 4.41. The number of ether oxygens (including phenoxy) is 1. The summed E-state index contributed by atoms with van der Waals surface area (Å²) in [6.07, 6.45) is 1.63. The van der Waals surface area contributed by atoms with Crippen LogP contribution in [0.1, 0.15) is 35.6 Å². The van der Waals surface area contributed by atoms with E-state index in [0.29, 0.717) is 18.2 Å². The lowest BCUT2D eigenvalue weighted by atomic mass is 9.90. The van der Waals surface area contributed by atoms with E-state index in [-0.39, 0.29) is 11.9 Å². The average Bonchev–Trinajstić information content (AvgIpc) is 3.16. The topological polar surface area (TPSA) is 70.8 Å². The summed E-state index contributed by atoms with van der Waals surface area (Å²) in [5, 5.41) is 15.2. The third-order valence-electron chi connectivity index (χ3n) is 6.23. The molecule has 0 spiro atoms. The van der Waals surface area contributed by atoms with Crippen LogP contribution in [0.15, 0.2) is 48.5 Å². The Bertz CT molecular complexity index is 1080. The van der Waals surface area contributed by atoms with Gasteiger partial charge in [-0.25, -0.2) is 14.5 Å². The molecule has 2 amide bonds. The van der Waals surface area contributed by atoms with Gasteiger partial charge in [-0.15, -0.1) is 0 Å². The Balaban J connectivity index is 1.71. The number of urea groups is 1. The molecule has 0 aliphatic carbocycles. The molecule has 1 saturated heterocycles. The molecule has 1 aromatic heterocycles. The SMILES string of the molecule is COc1ccc(-n2nc(C3CCN(C(=O)N(C)O)CC3)c(C)c2-c2ccc(C)cc2)cc1. The van der Waals surface area contributed by atoms with Crippen LogP contribution in [-0.2, 0) is 0 Å². The van der Waals surface area contributed by atoms with Crippen molar-refractivity contribution in [3.8, 4) is 22.7 Å². The van der Waals surface area contributed by atoms with E-state index in [2.05, 4.69) is 38.1 Å². The van der Waals surface area contributed by atoms with E-state index in [4.69, 9.17) is 9.84 Å². The Morgan fingerprint density at radius 2 is 1.69 bits per heavy atom. The Kier molecular flexibility index (Phi) is 6.19. The van der Waals surface area contributed by atoms with Gasteiger partial charge in [-0.05, 0) is 56.5 Å². The number of hydroxylamine groups is 2. The molecule has 0 bridgehead atoms. The van der Waals surface area contributed by atoms with E-state index in [1.165, 1.54) is 12.6 Å². The van der Waals surface area contributed by atoms with Gasteiger partial charge in [-0.2, -0.15) is 5.10 Å². The Hall–Kier alpha value is -3.32. The van der Waals surface area contributed by atoms with Crippen LogP contribution in [0.5, 0.6) is 5.75 Å². The van der Waals surface area contributed by atoms with Crippen LogP contribution >= 0.6 is 0 Å². The zero-order chi connectivity index (χ0) is 22.8. The van der Waals surface area contributed by atoms with Crippen molar-refractivity contribution in [2.75, 3.05) is 27.2 Å². The fraction of sp³-hybridized carbons (Fsp3) is 0.360. The number of benzene rings is 2. The first kappa shape index (κ1) is 21.9. The molecule has 32 heavy (non-hydrogen) atoms. The number of nitrogens with zero attached hydrogens (tertiary/aromatic N) is 4. The molecule has 2 aromatic carbocycles. The van der Waals surface area contributed by atoms with Crippen LogP contribution in [0.25, 0.3) is 16.9 Å². The van der Waals surface area contributed by atoms with Crippen molar-refractivity contribution < 1.29 is 14.7 Å². The number of carbonyl (C=O) groups excluding carboxylic acids is 1. The number of piperidine rings is 1. The molecular weight excluding hydrogens is 404 g/mol. The highest BCUT2D eigenvalue weighted by molar-refractivity contribution is 5.73. The molecule has 7 heteroatoms. The van der Waals surface area contributed by atoms with Gasteiger partial charge in [0.25, 0.3) is 0 Å². The smallest absolute Gasteiger partial charge is 0.343 e. The molecule has 1 aliphatic rings. The molecule has 2 heterocycles. The number of amides is 2. The Labute approximate surface area is 188 Å². The molecular formula is C25H30N4O3. The van der Waals surface area contributed by atoms with Gasteiger partial charge in [0, 0.05) is 31.6 Å². The summed E-state index contributed by atoms with van der Waals surface area (Å²) in [6.45, 7) is 5.42. The zero-order valence-corrected chi connectivity index (χ0v) is 19.1. The second-order valence-electron chi connectivity index (χ2n) is 8.40. The van der Waals surface area contributed by atoms with Crippen molar-refractivity contribution in [1.29, 1.82) is 0 Å². The van der Waals surface area contributed by atoms with Gasteiger partial charge >= 0.3 is 6.03 Å². The first-order valence-corrected chi connectivity index (χ1v) is 10.9. The molecule has 168 valence electrons. The van der Waals surface area contributed by atoms with E-state index < -0.39 is 0 Å². The van der Waals surface area contributed by atoms with Crippen molar-refractivity contribution >= 4 is 6.03 Å². The van der Waals surface area contributed by atoms with Crippen molar-refractivity contribution in [3.63, 3.8) is 0 Å². The number of aromatic nitrogens is 2. The monoisotopic (exact) mass is 434 g/mol. The third-order valence-corrected chi connectivity index (χ3v) is 6.23. The van der Waals surface area contributed by atoms with E-state index in [1.54, 1.807) is 12.0 Å². The number of carbonyl (C=O) groups is 1. The highest BCUT2D eigenvalue weighted by Crippen LogP contribution is 2.36. The van der Waals surface area contributed by atoms with Crippen LogP contribution in [0.4, 0.5) is 4.79 Å². The summed E-state index contributed by atoms with van der Waals surface area (Å²) in [5.74, 6) is 1.06. The summed E-state index contributed by atoms with van der Waals surface area (Å²) < 4.78 is 7.34. The summed E-state index contributed by atoms with van der Waals surface area (Å²) in [7, 11) is 3.03. The summed E-state index contributed by atoms with van der Waals surface area (Å²) in [5.41, 5.74) is 6.63. The second kappa shape index (κ2) is 9.04. The Morgan fingerprint density at radius 1 is 1.06 bits per heavy atom. The maximum Gasteiger partial charge on any atom is 0.343 e. The largest absolute Gasteiger partial charge is 0.497 e. The number of rotatable bonds is 4. The van der Waals surface area contributed by atoms with Crippen molar-refractivity contribution in [3.05, 3.63) is 65.4 Å². The van der Waals surface area contributed by atoms with E-state index in [9.17, 15) is 10.0 Å². The lowest BCUT2D eigenvalue weighted by molar-refractivity contribution is -0.0356. The minimum atomic E-state index is -0.357. The summed E-state index contributed by atoms with van der Waals surface area (Å²) in [6, 6.07) is 16.1. The van der Waals surface area contributed by atoms with Gasteiger partial charge in [-0.3, -0.25) is 5.21 Å². The maximum absolute atomic E-state index is 12.1. The van der Waals surface area contributed by atoms with Gasteiger partial charge in [-0.1, -0.05) is 29.8 Å². The molecule has 0 radical (unpaired) electrons. The summed E-state index contributed by atoms with van der Waals surface area (Å²) in [4.78, 5) is 13.8. The van der Waals surface area contributed by atoms with Crippen LogP contribution in [-0.4, -0.2) is 58.2 Å². The lowest BCUT2D eigenvalue weighted by Gasteiger charge is -2.32. The average molecular weight is 435 g/mol. The lowest BCUT2D eigenvalue weighted by Crippen LogP contribution is -2.43. The molecule has 0 unspecified atom stereocenters. The predicted molar refractivity (Wildman–Crippen MR) is 124 cm³/mol. The molecule has 3 aromatic rings. The molecule has 0 atom stereocenters. The number of hydrogen-bond acceptors (Lipinski definition) is 4. The standard InChI is InChI=1S/C25H30N4O3/c1-17-5-7-20(8-6-17)24-18(2)23(19-13-15-28(16-14-19)25(30)27(3)31)26-29(24)21-9-11-22(32-4)12-10-21/h5-12,19,31H,13-16H2,1-4H3. The van der Waals surface area contributed by atoms with Crippen LogP contribution in [0.2, 0.25) is 0 Å². The first-order chi connectivity index (χ1) is 15.4. The zero-order valence-electron chi connectivity index (χ0n) is 19.1. The third kappa shape index (κ3) is 4.21. The molecule has 4 rings (SSSR count). The van der Waals surface area contributed by atoms with Gasteiger partial charge in [0.1, 0.15) is 5.75 Å². The minimum Gasteiger partial charge on any atom is -0.497 e. The summed E-state index contributed by atoms with van der Waals surface area (Å²) >= 11 is 0. The molecule has 7 nitrogen and oxygen atoms in total. The van der Waals surface area contributed by atoms with Gasteiger partial charge < -0.3 is 9.64 Å². The maximum atomic E-state index is 12.1. The number of hydrogen-bond donors (Lipinski definition) is 1. The number of methoxy groups -OCH3 is 1. The van der Waals surface area contributed by atoms with E-state index in [1.807, 2.05) is 28.9 Å². The molecule has 1 fully saturated rings. The van der Waals surface area contributed by atoms with Crippen LogP contribution in [0, 0.1) is 13.8 Å². The predicted octanol–water partition coefficient (Wildman–Crippen LogP) is 4.79. The fourth-order valence-corrected chi connectivity index (χ4v) is 4.41. The van der Waals surface area contributed by atoms with Crippen LogP contribution in [0.3, 0.4) is 0 Å². The number of aryl methyl sites for hydroxylation is 1. The van der Waals surface area contributed by atoms with Crippen LogP contribution < -0.4 is 4.74 Å². The van der Waals surface area contributed by atoms with Crippen molar-refractivity contribution in [2.45, 2.75) is 32.6 Å². The second-order valence-corrected chi connectivity index (χ2v) is 8.40. The first-order valence-electron chi connectivity index (χ1n) is 10.9. The van der Waals surface area contributed by atoms with Gasteiger partial charge in [0.15, 0.2) is 0 Å². The normalized spacial score (nSPS) is 14.5. The van der Waals surface area contributed by atoms with Crippen molar-refractivity contribution in [1.82, 2.24) is 19.7 Å². The van der Waals surface area contributed by atoms with E-state index >= 15 is 0 Å². The molecule has 1 aliphatic heterocycles. The number of likely N-dealkylation sites (tertiary alicyclic amines) is 1. The minimum absolute atomic E-state index is 0.256. The highest BCUT2D eigenvalue weighted by Gasteiger charge is 2.29. The molecule has 0 saturated carbocycles. The van der Waals surface area contributed by atoms with Gasteiger partial charge in [0.2, 0.25) is 0 Å². The van der Waals surface area contributed by atoms with Crippen molar-refractivity contribution in [2.24, 2.45) is 0 Å².